The van der Waals surface area contributed by atoms with E-state index in [1.54, 1.807) is 25.2 Å². The van der Waals surface area contributed by atoms with Gasteiger partial charge in [-0.3, -0.25) is 9.69 Å². The Balaban J connectivity index is 1.95. The summed E-state index contributed by atoms with van der Waals surface area (Å²) in [5, 5.41) is 0.653. The minimum atomic E-state index is -0.159. The number of ether oxygens (including phenoxy) is 2. The molecule has 150 valence electrons. The number of anilines is 1. The maximum absolute atomic E-state index is 13.2. The minimum Gasteiger partial charge on any atom is -0.497 e. The Hall–Kier alpha value is -2.99. The number of nitrogens with zero attached hydrogens (tertiary/aromatic N) is 2. The van der Waals surface area contributed by atoms with Gasteiger partial charge in [-0.2, -0.15) is 0 Å². The summed E-state index contributed by atoms with van der Waals surface area (Å²) >= 11 is 1.53. The SMILES string of the molecule is COc1ccc(/C=C2\N=C(SCC=C(C)C)N(c3cccc(OC)c3)C2=O)cc1. The van der Waals surface area contributed by atoms with Crippen LogP contribution in [0.3, 0.4) is 0 Å². The van der Waals surface area contributed by atoms with Crippen LogP contribution in [0.1, 0.15) is 19.4 Å². The molecular weight excluding hydrogens is 384 g/mol. The van der Waals surface area contributed by atoms with Crippen LogP contribution in [0.15, 0.2) is 70.9 Å². The number of methoxy groups -OCH3 is 2. The number of hydrogen-bond acceptors (Lipinski definition) is 5. The van der Waals surface area contributed by atoms with Crippen LogP contribution in [-0.2, 0) is 4.79 Å². The first kappa shape index (κ1) is 20.7. The van der Waals surface area contributed by atoms with Gasteiger partial charge in [-0.05, 0) is 49.8 Å². The molecule has 3 rings (SSSR count). The predicted molar refractivity (Wildman–Crippen MR) is 121 cm³/mol. The van der Waals surface area contributed by atoms with Crippen LogP contribution in [0.4, 0.5) is 5.69 Å². The molecule has 1 aliphatic heterocycles. The van der Waals surface area contributed by atoms with E-state index in [0.717, 1.165) is 22.8 Å². The number of amides is 1. The zero-order valence-corrected chi connectivity index (χ0v) is 17.8. The number of aliphatic imine (C=N–C) groups is 1. The molecule has 6 heteroatoms. The first-order chi connectivity index (χ1) is 14.0. The molecule has 2 aromatic carbocycles. The maximum Gasteiger partial charge on any atom is 0.283 e. The van der Waals surface area contributed by atoms with Crippen molar-refractivity contribution in [3.05, 3.63) is 71.4 Å². The van der Waals surface area contributed by atoms with Crippen molar-refractivity contribution >= 4 is 34.6 Å². The third kappa shape index (κ3) is 5.09. The van der Waals surface area contributed by atoms with E-state index in [4.69, 9.17) is 9.47 Å². The van der Waals surface area contributed by atoms with Gasteiger partial charge in [0.05, 0.1) is 19.9 Å². The van der Waals surface area contributed by atoms with Gasteiger partial charge in [-0.25, -0.2) is 4.99 Å². The molecule has 0 bridgehead atoms. The summed E-state index contributed by atoms with van der Waals surface area (Å²) in [6.07, 6.45) is 3.91. The molecule has 1 amide bonds. The van der Waals surface area contributed by atoms with E-state index in [1.807, 2.05) is 48.5 Å². The van der Waals surface area contributed by atoms with Crippen LogP contribution >= 0.6 is 11.8 Å². The van der Waals surface area contributed by atoms with Crippen molar-refractivity contribution in [3.8, 4) is 11.5 Å². The molecule has 0 saturated carbocycles. The normalized spacial score (nSPS) is 14.8. The lowest BCUT2D eigenvalue weighted by atomic mass is 10.2. The van der Waals surface area contributed by atoms with Gasteiger partial charge in [0, 0.05) is 11.8 Å². The van der Waals surface area contributed by atoms with E-state index in [1.165, 1.54) is 17.3 Å². The fourth-order valence-electron chi connectivity index (χ4n) is 2.71. The zero-order valence-electron chi connectivity index (χ0n) is 17.0. The molecule has 0 radical (unpaired) electrons. The second-order valence-electron chi connectivity index (χ2n) is 6.63. The first-order valence-electron chi connectivity index (χ1n) is 9.21. The van der Waals surface area contributed by atoms with Gasteiger partial charge in [-0.15, -0.1) is 0 Å². The molecule has 0 aromatic heterocycles. The summed E-state index contributed by atoms with van der Waals surface area (Å²) in [6, 6.07) is 15.0. The Morgan fingerprint density at radius 2 is 1.79 bits per heavy atom. The van der Waals surface area contributed by atoms with Gasteiger partial charge in [0.25, 0.3) is 5.91 Å². The first-order valence-corrected chi connectivity index (χ1v) is 10.2. The second kappa shape index (κ2) is 9.47. The Kier molecular flexibility index (Phi) is 6.77. The topological polar surface area (TPSA) is 51.1 Å². The van der Waals surface area contributed by atoms with Gasteiger partial charge >= 0.3 is 0 Å². The maximum atomic E-state index is 13.2. The quantitative estimate of drug-likeness (QED) is 0.490. The van der Waals surface area contributed by atoms with Crippen LogP contribution in [0.25, 0.3) is 6.08 Å². The van der Waals surface area contributed by atoms with Crippen molar-refractivity contribution in [2.75, 3.05) is 24.9 Å². The van der Waals surface area contributed by atoms with Crippen molar-refractivity contribution < 1.29 is 14.3 Å². The lowest BCUT2D eigenvalue weighted by Crippen LogP contribution is -2.30. The highest BCUT2D eigenvalue weighted by Gasteiger charge is 2.32. The number of allylic oxidation sites excluding steroid dienone is 1. The zero-order chi connectivity index (χ0) is 20.8. The molecule has 0 aliphatic carbocycles. The largest absolute Gasteiger partial charge is 0.497 e. The van der Waals surface area contributed by atoms with E-state index in [2.05, 4.69) is 24.9 Å². The lowest BCUT2D eigenvalue weighted by molar-refractivity contribution is -0.113. The van der Waals surface area contributed by atoms with Crippen LogP contribution in [0.2, 0.25) is 0 Å². The van der Waals surface area contributed by atoms with Crippen molar-refractivity contribution in [3.63, 3.8) is 0 Å². The van der Waals surface area contributed by atoms with Gasteiger partial charge in [-0.1, -0.05) is 41.6 Å². The molecule has 5 nitrogen and oxygen atoms in total. The molecular formula is C23H24N2O3S. The fourth-order valence-corrected chi connectivity index (χ4v) is 3.76. The van der Waals surface area contributed by atoms with Gasteiger partial charge in [0.1, 0.15) is 17.2 Å². The van der Waals surface area contributed by atoms with Crippen molar-refractivity contribution in [1.82, 2.24) is 0 Å². The molecule has 0 saturated heterocycles. The molecule has 1 aliphatic rings. The number of hydrogen-bond donors (Lipinski definition) is 0. The molecule has 0 fully saturated rings. The van der Waals surface area contributed by atoms with E-state index < -0.39 is 0 Å². The number of rotatable bonds is 6. The Bertz CT molecular complexity index is 974. The average Bonchev–Trinajstić information content (AvgIpc) is 3.03. The summed E-state index contributed by atoms with van der Waals surface area (Å²) < 4.78 is 10.5. The Morgan fingerprint density at radius 1 is 1.07 bits per heavy atom. The minimum absolute atomic E-state index is 0.159. The molecule has 0 unspecified atom stereocenters. The third-order valence-corrected chi connectivity index (χ3v) is 5.13. The van der Waals surface area contributed by atoms with Crippen molar-refractivity contribution in [1.29, 1.82) is 0 Å². The molecule has 29 heavy (non-hydrogen) atoms. The average molecular weight is 409 g/mol. The molecule has 0 spiro atoms. The smallest absolute Gasteiger partial charge is 0.283 e. The van der Waals surface area contributed by atoms with Crippen LogP contribution < -0.4 is 14.4 Å². The highest BCUT2D eigenvalue weighted by Crippen LogP contribution is 2.31. The van der Waals surface area contributed by atoms with Gasteiger partial charge < -0.3 is 9.47 Å². The van der Waals surface area contributed by atoms with Crippen molar-refractivity contribution in [2.24, 2.45) is 4.99 Å². The highest BCUT2D eigenvalue weighted by atomic mass is 32.2. The number of thioether (sulfide) groups is 1. The number of carbonyl (C=O) groups is 1. The number of amidine groups is 1. The lowest BCUT2D eigenvalue weighted by Gasteiger charge is -2.18. The summed E-state index contributed by atoms with van der Waals surface area (Å²) in [5.41, 5.74) is 3.25. The summed E-state index contributed by atoms with van der Waals surface area (Å²) in [6.45, 7) is 4.11. The summed E-state index contributed by atoms with van der Waals surface area (Å²) in [7, 11) is 3.23. The van der Waals surface area contributed by atoms with E-state index in [0.29, 0.717) is 16.6 Å². The van der Waals surface area contributed by atoms with Crippen LogP contribution in [0.5, 0.6) is 11.5 Å². The second-order valence-corrected chi connectivity index (χ2v) is 7.62. The van der Waals surface area contributed by atoms with E-state index in [-0.39, 0.29) is 5.91 Å². The monoisotopic (exact) mass is 408 g/mol. The standard InChI is InChI=1S/C23H24N2O3S/c1-16(2)12-13-29-23-24-21(14-17-8-10-19(27-3)11-9-17)22(26)25(23)18-6-5-7-20(15-18)28-4/h5-12,14-15H,13H2,1-4H3/b21-14-. The van der Waals surface area contributed by atoms with Crippen LogP contribution in [-0.4, -0.2) is 31.0 Å². The van der Waals surface area contributed by atoms with Gasteiger partial charge in [0.15, 0.2) is 5.17 Å². The Labute approximate surface area is 175 Å². The summed E-state index contributed by atoms with van der Waals surface area (Å²) in [5.74, 6) is 2.04. The summed E-state index contributed by atoms with van der Waals surface area (Å²) in [4.78, 5) is 19.5. The predicted octanol–water partition coefficient (Wildman–Crippen LogP) is 5.15. The van der Waals surface area contributed by atoms with E-state index >= 15 is 0 Å². The third-order valence-electron chi connectivity index (χ3n) is 4.26. The molecule has 0 N–H and O–H groups in total. The Morgan fingerprint density at radius 3 is 2.45 bits per heavy atom. The molecule has 2 aromatic rings. The van der Waals surface area contributed by atoms with Crippen LogP contribution in [0, 0.1) is 0 Å². The van der Waals surface area contributed by atoms with E-state index in [9.17, 15) is 4.79 Å². The number of carbonyl (C=O) groups excluding carboxylic acids is 1. The molecule has 0 atom stereocenters. The fraction of sp³-hybridized carbons (Fsp3) is 0.217. The van der Waals surface area contributed by atoms with Crippen molar-refractivity contribution in [2.45, 2.75) is 13.8 Å². The molecule has 1 heterocycles. The van der Waals surface area contributed by atoms with Gasteiger partial charge in [0.2, 0.25) is 0 Å². The number of benzene rings is 2. The highest BCUT2D eigenvalue weighted by molar-refractivity contribution is 8.14.